The standard InChI is InChI=1S/C15H28N4/c1-5-19-15(9-13(4)17-19)11-18-7-6-16-10-14(18)8-12(2)3/h9,12,14,16H,5-8,10-11H2,1-4H3. The van der Waals surface area contributed by atoms with Gasteiger partial charge in [0.15, 0.2) is 0 Å². The van der Waals surface area contributed by atoms with E-state index in [1.165, 1.54) is 12.1 Å². The van der Waals surface area contributed by atoms with Gasteiger partial charge in [-0.3, -0.25) is 9.58 Å². The summed E-state index contributed by atoms with van der Waals surface area (Å²) in [7, 11) is 0. The molecule has 0 radical (unpaired) electrons. The molecule has 19 heavy (non-hydrogen) atoms. The number of nitrogens with zero attached hydrogens (tertiary/aromatic N) is 3. The van der Waals surface area contributed by atoms with E-state index in [2.05, 4.69) is 53.8 Å². The zero-order chi connectivity index (χ0) is 13.8. The molecule has 1 aromatic rings. The minimum Gasteiger partial charge on any atom is -0.314 e. The number of hydrogen-bond acceptors (Lipinski definition) is 3. The highest BCUT2D eigenvalue weighted by Crippen LogP contribution is 2.17. The molecule has 0 aromatic carbocycles. The van der Waals surface area contributed by atoms with Crippen molar-refractivity contribution >= 4 is 0 Å². The molecular weight excluding hydrogens is 236 g/mol. The molecule has 108 valence electrons. The molecule has 1 fully saturated rings. The van der Waals surface area contributed by atoms with Gasteiger partial charge in [0.1, 0.15) is 0 Å². The van der Waals surface area contributed by atoms with Crippen molar-refractivity contribution in [3.8, 4) is 0 Å². The van der Waals surface area contributed by atoms with E-state index >= 15 is 0 Å². The van der Waals surface area contributed by atoms with Crippen LogP contribution >= 0.6 is 0 Å². The summed E-state index contributed by atoms with van der Waals surface area (Å²) in [6.45, 7) is 14.2. The highest BCUT2D eigenvalue weighted by molar-refractivity contribution is 5.09. The summed E-state index contributed by atoms with van der Waals surface area (Å²) in [6, 6.07) is 2.90. The zero-order valence-electron chi connectivity index (χ0n) is 12.8. The molecule has 4 nitrogen and oxygen atoms in total. The first-order chi connectivity index (χ1) is 9.10. The van der Waals surface area contributed by atoms with Gasteiger partial charge in [0.25, 0.3) is 0 Å². The number of nitrogens with one attached hydrogen (secondary N) is 1. The lowest BCUT2D eigenvalue weighted by Crippen LogP contribution is -2.51. The number of rotatable bonds is 5. The Bertz CT molecular complexity index is 397. The number of aromatic nitrogens is 2. The van der Waals surface area contributed by atoms with Gasteiger partial charge < -0.3 is 5.32 Å². The van der Waals surface area contributed by atoms with Crippen LogP contribution in [0.15, 0.2) is 6.07 Å². The molecular formula is C15H28N4. The van der Waals surface area contributed by atoms with E-state index in [1.807, 2.05) is 0 Å². The fraction of sp³-hybridized carbons (Fsp3) is 0.800. The van der Waals surface area contributed by atoms with Crippen LogP contribution in [0.2, 0.25) is 0 Å². The number of hydrogen-bond donors (Lipinski definition) is 1. The van der Waals surface area contributed by atoms with Crippen molar-refractivity contribution in [1.29, 1.82) is 0 Å². The van der Waals surface area contributed by atoms with Gasteiger partial charge in [-0.05, 0) is 32.3 Å². The molecule has 0 amide bonds. The van der Waals surface area contributed by atoms with Gasteiger partial charge in [0, 0.05) is 38.8 Å². The van der Waals surface area contributed by atoms with Gasteiger partial charge in [-0.2, -0.15) is 5.10 Å². The van der Waals surface area contributed by atoms with Crippen LogP contribution in [-0.4, -0.2) is 40.4 Å². The van der Waals surface area contributed by atoms with Crippen LogP contribution in [0.1, 0.15) is 38.6 Å². The summed E-state index contributed by atoms with van der Waals surface area (Å²) in [4.78, 5) is 2.62. The molecule has 0 spiro atoms. The average Bonchev–Trinajstić information content (AvgIpc) is 2.71. The maximum Gasteiger partial charge on any atom is 0.0597 e. The second-order valence-corrected chi connectivity index (χ2v) is 6.05. The van der Waals surface area contributed by atoms with Crippen LogP contribution in [0, 0.1) is 12.8 Å². The normalized spacial score (nSPS) is 21.2. The van der Waals surface area contributed by atoms with Crippen LogP contribution in [0.25, 0.3) is 0 Å². The van der Waals surface area contributed by atoms with E-state index in [1.54, 1.807) is 0 Å². The summed E-state index contributed by atoms with van der Waals surface area (Å²) in [5.41, 5.74) is 2.49. The Morgan fingerprint density at radius 1 is 1.47 bits per heavy atom. The van der Waals surface area contributed by atoms with E-state index in [-0.39, 0.29) is 0 Å². The van der Waals surface area contributed by atoms with E-state index < -0.39 is 0 Å². The Balaban J connectivity index is 2.06. The van der Waals surface area contributed by atoms with Crippen LogP contribution in [0.4, 0.5) is 0 Å². The maximum absolute atomic E-state index is 4.55. The SMILES string of the molecule is CCn1nc(C)cc1CN1CCNCC1CC(C)C. The van der Waals surface area contributed by atoms with Crippen molar-refractivity contribution in [3.63, 3.8) is 0 Å². The smallest absolute Gasteiger partial charge is 0.0597 e. The lowest BCUT2D eigenvalue weighted by molar-refractivity contribution is 0.130. The summed E-state index contributed by atoms with van der Waals surface area (Å²) in [5, 5.41) is 8.08. The number of aryl methyl sites for hydroxylation is 2. The fourth-order valence-electron chi connectivity index (χ4n) is 3.00. The van der Waals surface area contributed by atoms with Gasteiger partial charge >= 0.3 is 0 Å². The summed E-state index contributed by atoms with van der Waals surface area (Å²) in [6.07, 6.45) is 1.27. The predicted octanol–water partition coefficient (Wildman–Crippen LogP) is 2.03. The van der Waals surface area contributed by atoms with E-state index in [0.717, 1.165) is 44.3 Å². The minimum absolute atomic E-state index is 0.661. The highest BCUT2D eigenvalue weighted by atomic mass is 15.3. The highest BCUT2D eigenvalue weighted by Gasteiger charge is 2.23. The molecule has 1 aliphatic rings. The lowest BCUT2D eigenvalue weighted by Gasteiger charge is -2.37. The summed E-state index contributed by atoms with van der Waals surface area (Å²) >= 11 is 0. The van der Waals surface area contributed by atoms with Crippen LogP contribution in [-0.2, 0) is 13.1 Å². The van der Waals surface area contributed by atoms with E-state index in [9.17, 15) is 0 Å². The summed E-state index contributed by atoms with van der Waals surface area (Å²) in [5.74, 6) is 0.755. The molecule has 1 N–H and O–H groups in total. The first kappa shape index (κ1) is 14.5. The second-order valence-electron chi connectivity index (χ2n) is 6.05. The minimum atomic E-state index is 0.661. The Kier molecular flexibility index (Phi) is 4.99. The fourth-order valence-corrected chi connectivity index (χ4v) is 3.00. The Labute approximate surface area is 117 Å². The van der Waals surface area contributed by atoms with E-state index in [0.29, 0.717) is 6.04 Å². The maximum atomic E-state index is 4.55. The van der Waals surface area contributed by atoms with Crippen molar-refractivity contribution in [2.45, 2.75) is 53.2 Å². The molecule has 0 saturated carbocycles. The van der Waals surface area contributed by atoms with E-state index in [4.69, 9.17) is 0 Å². The quantitative estimate of drug-likeness (QED) is 0.883. The first-order valence-corrected chi connectivity index (χ1v) is 7.58. The molecule has 2 rings (SSSR count). The molecule has 1 saturated heterocycles. The topological polar surface area (TPSA) is 33.1 Å². The van der Waals surface area contributed by atoms with Gasteiger partial charge in [0.2, 0.25) is 0 Å². The predicted molar refractivity (Wildman–Crippen MR) is 79.2 cm³/mol. The zero-order valence-corrected chi connectivity index (χ0v) is 12.8. The Hall–Kier alpha value is -0.870. The third-order valence-corrected chi connectivity index (χ3v) is 3.87. The van der Waals surface area contributed by atoms with Gasteiger partial charge in [0.05, 0.1) is 11.4 Å². The monoisotopic (exact) mass is 264 g/mol. The van der Waals surface area contributed by atoms with Crippen molar-refractivity contribution in [1.82, 2.24) is 20.0 Å². The van der Waals surface area contributed by atoms with Crippen LogP contribution < -0.4 is 5.32 Å². The molecule has 1 atom stereocenters. The lowest BCUT2D eigenvalue weighted by atomic mass is 10.0. The molecule has 1 unspecified atom stereocenters. The molecule has 0 aliphatic carbocycles. The summed E-state index contributed by atoms with van der Waals surface area (Å²) < 4.78 is 2.14. The van der Waals surface area contributed by atoms with Gasteiger partial charge in [-0.25, -0.2) is 0 Å². The van der Waals surface area contributed by atoms with Crippen LogP contribution in [0.5, 0.6) is 0 Å². The molecule has 1 aromatic heterocycles. The van der Waals surface area contributed by atoms with Crippen molar-refractivity contribution < 1.29 is 0 Å². The molecule has 2 heterocycles. The average molecular weight is 264 g/mol. The Morgan fingerprint density at radius 3 is 2.95 bits per heavy atom. The van der Waals surface area contributed by atoms with Crippen molar-refractivity contribution in [2.24, 2.45) is 5.92 Å². The Morgan fingerprint density at radius 2 is 2.26 bits per heavy atom. The van der Waals surface area contributed by atoms with Gasteiger partial charge in [-0.1, -0.05) is 13.8 Å². The third kappa shape index (κ3) is 3.80. The first-order valence-electron chi connectivity index (χ1n) is 7.58. The molecule has 1 aliphatic heterocycles. The third-order valence-electron chi connectivity index (χ3n) is 3.87. The largest absolute Gasteiger partial charge is 0.314 e. The molecule has 0 bridgehead atoms. The van der Waals surface area contributed by atoms with Crippen LogP contribution in [0.3, 0.4) is 0 Å². The number of piperazine rings is 1. The molecule has 4 heteroatoms. The van der Waals surface area contributed by atoms with Gasteiger partial charge in [-0.15, -0.1) is 0 Å². The van der Waals surface area contributed by atoms with Crippen molar-refractivity contribution in [2.75, 3.05) is 19.6 Å². The van der Waals surface area contributed by atoms with Crippen molar-refractivity contribution in [3.05, 3.63) is 17.5 Å². The second kappa shape index (κ2) is 6.53.